The van der Waals surface area contributed by atoms with Gasteiger partial charge in [-0.05, 0) is 49.2 Å². The number of rotatable bonds is 10. The molecule has 0 unspecified atom stereocenters. The molecule has 2 amide bonds. The number of para-hydroxylation sites is 2. The van der Waals surface area contributed by atoms with Crippen molar-refractivity contribution in [1.29, 1.82) is 0 Å². The predicted octanol–water partition coefficient (Wildman–Crippen LogP) is 4.43. The van der Waals surface area contributed by atoms with Gasteiger partial charge in [0.15, 0.2) is 0 Å². The molecule has 0 aliphatic heterocycles. The summed E-state index contributed by atoms with van der Waals surface area (Å²) in [5, 5.41) is 8.72. The molecule has 6 heteroatoms. The summed E-state index contributed by atoms with van der Waals surface area (Å²) in [6.07, 6.45) is 1.25. The fourth-order valence-corrected chi connectivity index (χ4v) is 2.45. The fourth-order valence-electron chi connectivity index (χ4n) is 2.45. The topological polar surface area (TPSA) is 79.5 Å². The summed E-state index contributed by atoms with van der Waals surface area (Å²) in [6.45, 7) is 8.16. The van der Waals surface area contributed by atoms with Crippen LogP contribution in [-0.2, 0) is 9.59 Å². The number of benzene rings is 2. The highest BCUT2D eigenvalue weighted by molar-refractivity contribution is 5.95. The zero-order valence-corrected chi connectivity index (χ0v) is 16.4. The van der Waals surface area contributed by atoms with Crippen LogP contribution in [0.3, 0.4) is 0 Å². The van der Waals surface area contributed by atoms with E-state index in [1.165, 1.54) is 0 Å². The third-order valence-electron chi connectivity index (χ3n) is 3.71. The maximum atomic E-state index is 12.3. The van der Waals surface area contributed by atoms with Gasteiger partial charge in [0.1, 0.15) is 12.4 Å². The maximum absolute atomic E-state index is 12.3. The number of ether oxygens (including phenoxy) is 1. The van der Waals surface area contributed by atoms with E-state index in [-0.39, 0.29) is 18.4 Å². The van der Waals surface area contributed by atoms with Gasteiger partial charge in [0.25, 0.3) is 0 Å². The van der Waals surface area contributed by atoms with Crippen molar-refractivity contribution in [2.75, 3.05) is 29.1 Å². The van der Waals surface area contributed by atoms with Crippen LogP contribution in [0.25, 0.3) is 0 Å². The van der Waals surface area contributed by atoms with Crippen LogP contribution in [0.2, 0.25) is 0 Å². The van der Waals surface area contributed by atoms with Crippen molar-refractivity contribution in [3.8, 4) is 5.75 Å². The summed E-state index contributed by atoms with van der Waals surface area (Å²) >= 11 is 0. The van der Waals surface area contributed by atoms with Gasteiger partial charge in [-0.1, -0.05) is 31.7 Å². The molecule has 2 rings (SSSR count). The molecule has 148 valence electrons. The van der Waals surface area contributed by atoms with Crippen LogP contribution >= 0.6 is 0 Å². The first-order valence-electron chi connectivity index (χ1n) is 9.27. The van der Waals surface area contributed by atoms with Crippen molar-refractivity contribution in [1.82, 2.24) is 0 Å². The maximum Gasteiger partial charge on any atom is 0.243 e. The molecule has 0 fully saturated rings. The van der Waals surface area contributed by atoms with E-state index in [1.807, 2.05) is 38.1 Å². The first kappa shape index (κ1) is 21.0. The van der Waals surface area contributed by atoms with Crippen LogP contribution < -0.4 is 20.7 Å². The fraction of sp³-hybridized carbons (Fsp3) is 0.273. The molecule has 28 heavy (non-hydrogen) atoms. The first-order valence-corrected chi connectivity index (χ1v) is 9.27. The number of nitrogens with one attached hydrogen (secondary N) is 3. The standard InChI is InChI=1S/C22H27N3O3/c1-4-8-21(26)24-17-9-7-10-18(13-17)25-22(27)14-23-19-11-5-6-12-20(19)28-15-16(2)3/h5-7,9-13,23H,2,4,8,14-15H2,1,3H3,(H,24,26)(H,25,27). The van der Waals surface area contributed by atoms with Crippen molar-refractivity contribution in [2.45, 2.75) is 26.7 Å². The molecular weight excluding hydrogens is 354 g/mol. The van der Waals surface area contributed by atoms with Gasteiger partial charge in [-0.15, -0.1) is 0 Å². The van der Waals surface area contributed by atoms with E-state index in [9.17, 15) is 9.59 Å². The van der Waals surface area contributed by atoms with Crippen LogP contribution in [0.15, 0.2) is 60.7 Å². The van der Waals surface area contributed by atoms with Gasteiger partial charge in [-0.2, -0.15) is 0 Å². The Morgan fingerprint density at radius 1 is 1.00 bits per heavy atom. The largest absolute Gasteiger partial charge is 0.487 e. The summed E-state index contributed by atoms with van der Waals surface area (Å²) in [4.78, 5) is 24.0. The number of anilines is 3. The van der Waals surface area contributed by atoms with Crippen molar-refractivity contribution < 1.29 is 14.3 Å². The van der Waals surface area contributed by atoms with Crippen LogP contribution in [0.5, 0.6) is 5.75 Å². The van der Waals surface area contributed by atoms with Gasteiger partial charge in [0.2, 0.25) is 11.8 Å². The van der Waals surface area contributed by atoms with Crippen molar-refractivity contribution in [2.24, 2.45) is 0 Å². The Morgan fingerprint density at radius 3 is 2.36 bits per heavy atom. The Hall–Kier alpha value is -3.28. The zero-order valence-electron chi connectivity index (χ0n) is 16.4. The van der Waals surface area contributed by atoms with E-state index in [2.05, 4.69) is 22.5 Å². The van der Waals surface area contributed by atoms with Crippen LogP contribution in [-0.4, -0.2) is 25.0 Å². The lowest BCUT2D eigenvalue weighted by atomic mass is 10.2. The van der Waals surface area contributed by atoms with Crippen molar-refractivity contribution >= 4 is 28.9 Å². The molecule has 2 aromatic carbocycles. The monoisotopic (exact) mass is 381 g/mol. The van der Waals surface area contributed by atoms with Crippen molar-refractivity contribution in [3.63, 3.8) is 0 Å². The molecule has 0 radical (unpaired) electrons. The smallest absolute Gasteiger partial charge is 0.243 e. The third kappa shape index (κ3) is 7.15. The Balaban J connectivity index is 1.91. The lowest BCUT2D eigenvalue weighted by Gasteiger charge is -2.13. The van der Waals surface area contributed by atoms with Crippen LogP contribution in [0.4, 0.5) is 17.1 Å². The number of hydrogen-bond acceptors (Lipinski definition) is 4. The molecule has 0 spiro atoms. The van der Waals surface area contributed by atoms with Crippen LogP contribution in [0, 0.1) is 0 Å². The molecule has 0 atom stereocenters. The van der Waals surface area contributed by atoms with Gasteiger partial charge < -0.3 is 20.7 Å². The van der Waals surface area contributed by atoms with Crippen LogP contribution in [0.1, 0.15) is 26.7 Å². The molecule has 0 saturated carbocycles. The zero-order chi connectivity index (χ0) is 20.4. The molecule has 0 aromatic heterocycles. The number of carbonyl (C=O) groups is 2. The second-order valence-electron chi connectivity index (χ2n) is 6.52. The predicted molar refractivity (Wildman–Crippen MR) is 114 cm³/mol. The summed E-state index contributed by atoms with van der Waals surface area (Å²) in [5.74, 6) is 0.421. The second-order valence-corrected chi connectivity index (χ2v) is 6.52. The van der Waals surface area contributed by atoms with Crippen molar-refractivity contribution in [3.05, 3.63) is 60.7 Å². The van der Waals surface area contributed by atoms with E-state index >= 15 is 0 Å². The van der Waals surface area contributed by atoms with E-state index in [1.54, 1.807) is 24.3 Å². The Kier molecular flexibility index (Phi) is 8.09. The second kappa shape index (κ2) is 10.8. The molecule has 0 aliphatic rings. The minimum Gasteiger partial charge on any atom is -0.487 e. The minimum atomic E-state index is -0.202. The summed E-state index contributed by atoms with van der Waals surface area (Å²) in [6, 6.07) is 14.5. The summed E-state index contributed by atoms with van der Waals surface area (Å²) in [5.41, 5.74) is 2.92. The SMILES string of the molecule is C=C(C)COc1ccccc1NCC(=O)Nc1cccc(NC(=O)CCC)c1. The lowest BCUT2D eigenvalue weighted by Crippen LogP contribution is -2.22. The van der Waals surface area contributed by atoms with Gasteiger partial charge in [-0.25, -0.2) is 0 Å². The number of hydrogen-bond donors (Lipinski definition) is 3. The Labute approximate surface area is 166 Å². The highest BCUT2D eigenvalue weighted by Crippen LogP contribution is 2.24. The van der Waals surface area contributed by atoms with Gasteiger partial charge in [0, 0.05) is 17.8 Å². The molecule has 3 N–H and O–H groups in total. The number of carbonyl (C=O) groups excluding carboxylic acids is 2. The van der Waals surface area contributed by atoms with Gasteiger partial charge in [0.05, 0.1) is 12.2 Å². The number of amides is 2. The summed E-state index contributed by atoms with van der Waals surface area (Å²) in [7, 11) is 0. The Bertz CT molecular complexity index is 833. The van der Waals surface area contributed by atoms with Gasteiger partial charge in [-0.3, -0.25) is 9.59 Å². The van der Waals surface area contributed by atoms with E-state index < -0.39 is 0 Å². The minimum absolute atomic E-state index is 0.0426. The van der Waals surface area contributed by atoms with E-state index in [4.69, 9.17) is 4.74 Å². The molecule has 0 bridgehead atoms. The van der Waals surface area contributed by atoms with Gasteiger partial charge >= 0.3 is 0 Å². The highest BCUT2D eigenvalue weighted by Gasteiger charge is 2.07. The highest BCUT2D eigenvalue weighted by atomic mass is 16.5. The third-order valence-corrected chi connectivity index (χ3v) is 3.71. The average Bonchev–Trinajstić information content (AvgIpc) is 2.65. The molecular formula is C22H27N3O3. The normalized spacial score (nSPS) is 10.1. The quantitative estimate of drug-likeness (QED) is 0.532. The molecule has 0 saturated heterocycles. The molecule has 0 heterocycles. The summed E-state index contributed by atoms with van der Waals surface area (Å²) < 4.78 is 5.69. The average molecular weight is 381 g/mol. The Morgan fingerprint density at radius 2 is 1.68 bits per heavy atom. The van der Waals surface area contributed by atoms with E-state index in [0.29, 0.717) is 30.2 Å². The lowest BCUT2D eigenvalue weighted by molar-refractivity contribution is -0.116. The molecule has 6 nitrogen and oxygen atoms in total. The van der Waals surface area contributed by atoms with E-state index in [0.717, 1.165) is 17.7 Å². The molecule has 2 aromatic rings. The first-order chi connectivity index (χ1) is 13.5. The molecule has 0 aliphatic carbocycles.